The zero-order valence-electron chi connectivity index (χ0n) is 16.2. The topological polar surface area (TPSA) is 95.9 Å². The summed E-state index contributed by atoms with van der Waals surface area (Å²) < 4.78 is 5.70. The van der Waals surface area contributed by atoms with Gasteiger partial charge in [0, 0.05) is 5.69 Å². The second-order valence-corrected chi connectivity index (χ2v) is 7.29. The van der Waals surface area contributed by atoms with Crippen LogP contribution in [0.25, 0.3) is 0 Å². The number of hydrogen-bond acceptors (Lipinski definition) is 4. The van der Waals surface area contributed by atoms with E-state index in [1.54, 1.807) is 19.9 Å². The summed E-state index contributed by atoms with van der Waals surface area (Å²) in [6.07, 6.45) is 0. The average molecular weight is 382 g/mol. The molecule has 0 saturated carbocycles. The number of carbonyl (C=O) groups is 3. The maximum Gasteiger partial charge on any atom is 0.335 e. The molecule has 0 radical (unpaired) electrons. The number of rotatable bonds is 4. The molecule has 0 unspecified atom stereocenters. The molecule has 0 fully saturated rings. The van der Waals surface area contributed by atoms with E-state index in [0.29, 0.717) is 11.4 Å². The normalized spacial score (nSPS) is 14.9. The molecule has 2 amide bonds. The van der Waals surface area contributed by atoms with Gasteiger partial charge in [-0.25, -0.2) is 4.79 Å². The van der Waals surface area contributed by atoms with Crippen LogP contribution in [-0.4, -0.2) is 35.0 Å². The lowest BCUT2D eigenvalue weighted by atomic mass is 10.0. The SMILES string of the molecule is Cc1cccc(NC(=O)CN2C(=O)C(C)(C)Oc3cc(C(=O)O)ccc32)c1C. The number of aromatic carboxylic acids is 1. The number of aryl methyl sites for hydroxylation is 1. The number of benzene rings is 2. The van der Waals surface area contributed by atoms with E-state index >= 15 is 0 Å². The highest BCUT2D eigenvalue weighted by atomic mass is 16.5. The highest BCUT2D eigenvalue weighted by molar-refractivity contribution is 6.08. The summed E-state index contributed by atoms with van der Waals surface area (Å²) in [6, 6.07) is 9.83. The largest absolute Gasteiger partial charge is 0.478 e. The predicted molar refractivity (Wildman–Crippen MR) is 105 cm³/mol. The van der Waals surface area contributed by atoms with Gasteiger partial charge in [-0.1, -0.05) is 12.1 Å². The molecular formula is C21H22N2O5. The molecule has 1 aliphatic heterocycles. The summed E-state index contributed by atoms with van der Waals surface area (Å²) in [5.74, 6) is -1.57. The molecule has 0 spiro atoms. The Morgan fingerprint density at radius 3 is 2.57 bits per heavy atom. The molecule has 2 aromatic carbocycles. The van der Waals surface area contributed by atoms with Crippen molar-refractivity contribution in [2.45, 2.75) is 33.3 Å². The molecule has 146 valence electrons. The van der Waals surface area contributed by atoms with E-state index in [0.717, 1.165) is 11.1 Å². The monoisotopic (exact) mass is 382 g/mol. The number of carboxylic acids is 1. The smallest absolute Gasteiger partial charge is 0.335 e. The summed E-state index contributed by atoms with van der Waals surface area (Å²) in [6.45, 7) is 6.83. The molecule has 0 atom stereocenters. The van der Waals surface area contributed by atoms with E-state index in [4.69, 9.17) is 4.74 Å². The number of amides is 2. The lowest BCUT2D eigenvalue weighted by Gasteiger charge is -2.38. The first-order valence-electron chi connectivity index (χ1n) is 8.84. The number of nitrogens with one attached hydrogen (secondary N) is 1. The van der Waals surface area contributed by atoms with Crippen molar-refractivity contribution in [3.63, 3.8) is 0 Å². The van der Waals surface area contributed by atoms with Crippen molar-refractivity contribution in [2.75, 3.05) is 16.8 Å². The molecule has 3 rings (SSSR count). The van der Waals surface area contributed by atoms with E-state index in [1.807, 2.05) is 26.0 Å². The summed E-state index contributed by atoms with van der Waals surface area (Å²) >= 11 is 0. The summed E-state index contributed by atoms with van der Waals surface area (Å²) in [5.41, 5.74) is 1.88. The fraction of sp³-hybridized carbons (Fsp3) is 0.286. The van der Waals surface area contributed by atoms with Crippen molar-refractivity contribution in [2.24, 2.45) is 0 Å². The van der Waals surface area contributed by atoms with Crippen LogP contribution in [-0.2, 0) is 9.59 Å². The van der Waals surface area contributed by atoms with Gasteiger partial charge in [-0.15, -0.1) is 0 Å². The predicted octanol–water partition coefficient (Wildman–Crippen LogP) is 3.14. The number of anilines is 2. The van der Waals surface area contributed by atoms with Crippen LogP contribution in [0.15, 0.2) is 36.4 Å². The Morgan fingerprint density at radius 1 is 1.18 bits per heavy atom. The molecule has 0 aliphatic carbocycles. The molecule has 2 aromatic rings. The van der Waals surface area contributed by atoms with E-state index in [2.05, 4.69) is 5.32 Å². The number of fused-ring (bicyclic) bond motifs is 1. The summed E-state index contributed by atoms with van der Waals surface area (Å²) in [7, 11) is 0. The summed E-state index contributed by atoms with van der Waals surface area (Å²) in [4.78, 5) is 38.0. The lowest BCUT2D eigenvalue weighted by molar-refractivity contribution is -0.133. The Kier molecular flexibility index (Phi) is 4.85. The second-order valence-electron chi connectivity index (χ2n) is 7.29. The van der Waals surface area contributed by atoms with Crippen LogP contribution in [0, 0.1) is 13.8 Å². The van der Waals surface area contributed by atoms with Crippen LogP contribution in [0.4, 0.5) is 11.4 Å². The number of carboxylic acid groups (broad SMARTS) is 1. The van der Waals surface area contributed by atoms with Crippen molar-refractivity contribution in [3.8, 4) is 5.75 Å². The molecule has 0 bridgehead atoms. The highest BCUT2D eigenvalue weighted by Crippen LogP contribution is 2.38. The minimum atomic E-state index is -1.22. The third kappa shape index (κ3) is 3.55. The first-order chi connectivity index (χ1) is 13.1. The van der Waals surface area contributed by atoms with Gasteiger partial charge in [0.05, 0.1) is 11.3 Å². The van der Waals surface area contributed by atoms with Gasteiger partial charge < -0.3 is 15.2 Å². The van der Waals surface area contributed by atoms with Crippen LogP contribution in [0.3, 0.4) is 0 Å². The zero-order chi connectivity index (χ0) is 20.6. The fourth-order valence-electron chi connectivity index (χ4n) is 3.08. The van der Waals surface area contributed by atoms with Crippen LogP contribution in [0.1, 0.15) is 35.3 Å². The molecule has 1 aliphatic rings. The van der Waals surface area contributed by atoms with Gasteiger partial charge in [0.1, 0.15) is 12.3 Å². The van der Waals surface area contributed by atoms with Crippen LogP contribution >= 0.6 is 0 Å². The number of nitrogens with zero attached hydrogens (tertiary/aromatic N) is 1. The molecule has 0 saturated heterocycles. The molecular weight excluding hydrogens is 360 g/mol. The van der Waals surface area contributed by atoms with E-state index < -0.39 is 11.6 Å². The number of ether oxygens (including phenoxy) is 1. The Morgan fingerprint density at radius 2 is 1.89 bits per heavy atom. The molecule has 7 heteroatoms. The van der Waals surface area contributed by atoms with E-state index in [1.165, 1.54) is 23.1 Å². The van der Waals surface area contributed by atoms with Gasteiger partial charge in [-0.05, 0) is 63.1 Å². The van der Waals surface area contributed by atoms with Gasteiger partial charge in [0.15, 0.2) is 5.60 Å². The molecule has 2 N–H and O–H groups in total. The Balaban J connectivity index is 1.90. The van der Waals surface area contributed by atoms with Crippen LogP contribution < -0.4 is 15.0 Å². The van der Waals surface area contributed by atoms with Crippen molar-refractivity contribution >= 4 is 29.2 Å². The Labute approximate surface area is 162 Å². The summed E-state index contributed by atoms with van der Waals surface area (Å²) in [5, 5.41) is 12.0. The Bertz CT molecular complexity index is 981. The van der Waals surface area contributed by atoms with Crippen molar-refractivity contribution in [3.05, 3.63) is 53.1 Å². The maximum absolute atomic E-state index is 12.8. The molecule has 28 heavy (non-hydrogen) atoms. The minimum absolute atomic E-state index is 0.0451. The second kappa shape index (κ2) is 6.99. The van der Waals surface area contributed by atoms with Gasteiger partial charge in [0.25, 0.3) is 5.91 Å². The maximum atomic E-state index is 12.8. The quantitative estimate of drug-likeness (QED) is 0.847. The third-order valence-electron chi connectivity index (χ3n) is 4.80. The number of carbonyl (C=O) groups excluding carboxylic acids is 2. The van der Waals surface area contributed by atoms with E-state index in [-0.39, 0.29) is 29.7 Å². The third-order valence-corrected chi connectivity index (χ3v) is 4.80. The van der Waals surface area contributed by atoms with Gasteiger partial charge in [-0.2, -0.15) is 0 Å². The molecule has 0 aromatic heterocycles. The lowest BCUT2D eigenvalue weighted by Crippen LogP contribution is -2.54. The van der Waals surface area contributed by atoms with Crippen LogP contribution in [0.2, 0.25) is 0 Å². The van der Waals surface area contributed by atoms with Crippen LogP contribution in [0.5, 0.6) is 5.75 Å². The van der Waals surface area contributed by atoms with Crippen molar-refractivity contribution in [1.82, 2.24) is 0 Å². The van der Waals surface area contributed by atoms with Gasteiger partial charge in [-0.3, -0.25) is 14.5 Å². The molecule has 7 nitrogen and oxygen atoms in total. The van der Waals surface area contributed by atoms with Crippen molar-refractivity contribution < 1.29 is 24.2 Å². The van der Waals surface area contributed by atoms with Gasteiger partial charge in [0.2, 0.25) is 5.91 Å². The first kappa shape index (κ1) is 19.4. The molecule has 1 heterocycles. The zero-order valence-corrected chi connectivity index (χ0v) is 16.2. The van der Waals surface area contributed by atoms with Gasteiger partial charge >= 0.3 is 5.97 Å². The standard InChI is InChI=1S/C21H22N2O5/c1-12-6-5-7-15(13(12)2)22-18(24)11-23-16-9-8-14(19(25)26)10-17(16)28-21(3,4)20(23)27/h5-10H,11H2,1-4H3,(H,22,24)(H,25,26). The first-order valence-corrected chi connectivity index (χ1v) is 8.84. The average Bonchev–Trinajstić information content (AvgIpc) is 2.62. The highest BCUT2D eigenvalue weighted by Gasteiger charge is 2.41. The fourth-order valence-corrected chi connectivity index (χ4v) is 3.08. The van der Waals surface area contributed by atoms with Crippen molar-refractivity contribution in [1.29, 1.82) is 0 Å². The Hall–Kier alpha value is -3.35. The number of hydrogen-bond donors (Lipinski definition) is 2. The minimum Gasteiger partial charge on any atom is -0.478 e. The van der Waals surface area contributed by atoms with E-state index in [9.17, 15) is 19.5 Å².